The summed E-state index contributed by atoms with van der Waals surface area (Å²) in [6, 6.07) is 9.91. The van der Waals surface area contributed by atoms with Gasteiger partial charge in [-0.1, -0.05) is 55.6 Å². The molecular weight excluding hydrogens is 264 g/mol. The van der Waals surface area contributed by atoms with Crippen molar-refractivity contribution in [3.63, 3.8) is 0 Å². The van der Waals surface area contributed by atoms with Gasteiger partial charge in [0, 0.05) is 11.6 Å². The molecule has 1 aromatic rings. The van der Waals surface area contributed by atoms with Crippen molar-refractivity contribution in [1.29, 1.82) is 0 Å². The summed E-state index contributed by atoms with van der Waals surface area (Å²) >= 11 is 0. The maximum atomic E-state index is 11.0. The van der Waals surface area contributed by atoms with Crippen molar-refractivity contribution in [3.05, 3.63) is 79.1 Å². The number of benzene rings is 1. The Kier molecular flexibility index (Phi) is 7.36. The number of ether oxygens (including phenoxy) is 2. The van der Waals surface area contributed by atoms with Gasteiger partial charge in [-0.15, -0.1) is 0 Å². The Balaban J connectivity index is 2.73. The molecule has 0 atom stereocenters. The van der Waals surface area contributed by atoms with E-state index in [0.717, 1.165) is 17.2 Å². The predicted molar refractivity (Wildman–Crippen MR) is 85.5 cm³/mol. The van der Waals surface area contributed by atoms with E-state index in [9.17, 15) is 4.79 Å². The molecular formula is C18H20O3. The first-order valence-corrected chi connectivity index (χ1v) is 6.69. The number of rotatable bonds is 8. The van der Waals surface area contributed by atoms with E-state index in [2.05, 4.69) is 13.2 Å². The lowest BCUT2D eigenvalue weighted by Crippen LogP contribution is -2.08. The Morgan fingerprint density at radius 2 is 1.81 bits per heavy atom. The lowest BCUT2D eigenvalue weighted by molar-refractivity contribution is -0.138. The van der Waals surface area contributed by atoms with Crippen molar-refractivity contribution in [2.45, 2.75) is 6.92 Å². The Morgan fingerprint density at radius 3 is 2.38 bits per heavy atom. The minimum atomic E-state index is -0.456. The van der Waals surface area contributed by atoms with E-state index >= 15 is 0 Å². The number of carbonyl (C=O) groups excluding carboxylic acids is 1. The molecule has 0 bridgehead atoms. The van der Waals surface area contributed by atoms with Crippen molar-refractivity contribution < 1.29 is 14.3 Å². The highest BCUT2D eigenvalue weighted by Crippen LogP contribution is 2.23. The summed E-state index contributed by atoms with van der Waals surface area (Å²) in [5, 5.41) is 0. The maximum Gasteiger partial charge on any atom is 0.330 e. The third-order valence-corrected chi connectivity index (χ3v) is 2.66. The molecule has 0 aromatic heterocycles. The Bertz CT molecular complexity index is 539. The van der Waals surface area contributed by atoms with E-state index in [1.54, 1.807) is 12.2 Å². The fourth-order valence-electron chi connectivity index (χ4n) is 1.74. The minimum Gasteiger partial charge on any atom is -0.489 e. The van der Waals surface area contributed by atoms with Crippen molar-refractivity contribution in [1.82, 2.24) is 0 Å². The summed E-state index contributed by atoms with van der Waals surface area (Å²) in [6.45, 7) is 9.42. The molecule has 0 radical (unpaired) electrons. The van der Waals surface area contributed by atoms with E-state index in [4.69, 9.17) is 9.47 Å². The van der Waals surface area contributed by atoms with Crippen molar-refractivity contribution in [2.24, 2.45) is 0 Å². The summed E-state index contributed by atoms with van der Waals surface area (Å²) < 4.78 is 10.6. The summed E-state index contributed by atoms with van der Waals surface area (Å²) in [4.78, 5) is 11.0. The van der Waals surface area contributed by atoms with Crippen LogP contribution in [0.1, 0.15) is 12.5 Å². The molecule has 0 saturated heterocycles. The molecule has 0 aliphatic heterocycles. The number of carbonyl (C=O) groups is 1. The molecule has 110 valence electrons. The first kappa shape index (κ1) is 16.5. The van der Waals surface area contributed by atoms with Gasteiger partial charge in [0.15, 0.2) is 0 Å². The number of hydrogen-bond acceptors (Lipinski definition) is 3. The molecule has 3 heteroatoms. The van der Waals surface area contributed by atoms with Gasteiger partial charge < -0.3 is 9.47 Å². The Labute approximate surface area is 125 Å². The van der Waals surface area contributed by atoms with Crippen LogP contribution < -0.4 is 0 Å². The van der Waals surface area contributed by atoms with Crippen molar-refractivity contribution in [2.75, 3.05) is 13.2 Å². The number of allylic oxidation sites excluding steroid dienone is 4. The third-order valence-electron chi connectivity index (χ3n) is 2.66. The molecule has 0 unspecified atom stereocenters. The van der Waals surface area contributed by atoms with E-state index in [0.29, 0.717) is 5.76 Å². The van der Waals surface area contributed by atoms with E-state index in [1.807, 2.05) is 43.3 Å². The highest BCUT2D eigenvalue weighted by molar-refractivity contribution is 5.81. The molecule has 0 aliphatic carbocycles. The van der Waals surface area contributed by atoms with Gasteiger partial charge in [0.25, 0.3) is 0 Å². The molecule has 1 rings (SSSR count). The molecule has 0 amide bonds. The van der Waals surface area contributed by atoms with Gasteiger partial charge in [0.05, 0.1) is 0 Å². The molecule has 0 saturated carbocycles. The van der Waals surface area contributed by atoms with Crippen LogP contribution in [-0.2, 0) is 14.3 Å². The highest BCUT2D eigenvalue weighted by atomic mass is 16.6. The molecule has 0 N–H and O–H groups in total. The lowest BCUT2D eigenvalue weighted by atomic mass is 10.0. The summed E-state index contributed by atoms with van der Waals surface area (Å²) in [7, 11) is 0. The average Bonchev–Trinajstić information content (AvgIpc) is 2.52. The maximum absolute atomic E-state index is 11.0. The second-order valence-corrected chi connectivity index (χ2v) is 4.06. The zero-order valence-corrected chi connectivity index (χ0v) is 12.2. The van der Waals surface area contributed by atoms with Crippen LogP contribution in [0.15, 0.2) is 73.6 Å². The van der Waals surface area contributed by atoms with Crippen LogP contribution in [0.25, 0.3) is 5.57 Å². The van der Waals surface area contributed by atoms with Crippen LogP contribution in [0, 0.1) is 0 Å². The van der Waals surface area contributed by atoms with Gasteiger partial charge in [-0.2, -0.15) is 0 Å². The molecule has 0 fully saturated rings. The van der Waals surface area contributed by atoms with Crippen LogP contribution in [0.3, 0.4) is 0 Å². The SMILES string of the molecule is C=C/C=C(OCCOC(=O)C=C)\C(=C/C)c1ccccc1. The average molecular weight is 284 g/mol. The zero-order chi connectivity index (χ0) is 15.5. The van der Waals surface area contributed by atoms with Gasteiger partial charge in [0.2, 0.25) is 0 Å². The standard InChI is InChI=1S/C18H20O3/c1-4-10-17(20-13-14-21-18(19)6-3)16(5-2)15-11-8-7-9-12-15/h4-12H,1,3,13-14H2,2H3/b16-5-,17-10+. The van der Waals surface area contributed by atoms with Gasteiger partial charge in [0.1, 0.15) is 19.0 Å². The fraction of sp³-hybridized carbons (Fsp3) is 0.167. The van der Waals surface area contributed by atoms with Gasteiger partial charge in [-0.3, -0.25) is 0 Å². The lowest BCUT2D eigenvalue weighted by Gasteiger charge is -2.14. The predicted octanol–water partition coefficient (Wildman–Crippen LogP) is 3.91. The van der Waals surface area contributed by atoms with E-state index in [-0.39, 0.29) is 13.2 Å². The van der Waals surface area contributed by atoms with Crippen LogP contribution >= 0.6 is 0 Å². The topological polar surface area (TPSA) is 35.5 Å². The molecule has 0 aliphatic rings. The second-order valence-electron chi connectivity index (χ2n) is 4.06. The normalized spacial score (nSPS) is 11.7. The summed E-state index contributed by atoms with van der Waals surface area (Å²) in [6.07, 6.45) is 6.55. The quantitative estimate of drug-likeness (QED) is 0.239. The first-order chi connectivity index (χ1) is 10.2. The summed E-state index contributed by atoms with van der Waals surface area (Å²) in [5.74, 6) is 0.232. The third kappa shape index (κ3) is 5.53. The van der Waals surface area contributed by atoms with Gasteiger partial charge in [-0.25, -0.2) is 4.79 Å². The van der Waals surface area contributed by atoms with E-state index < -0.39 is 5.97 Å². The molecule has 21 heavy (non-hydrogen) atoms. The van der Waals surface area contributed by atoms with Crippen LogP contribution in [0.2, 0.25) is 0 Å². The van der Waals surface area contributed by atoms with Crippen LogP contribution in [-0.4, -0.2) is 19.2 Å². The zero-order valence-electron chi connectivity index (χ0n) is 12.2. The van der Waals surface area contributed by atoms with E-state index in [1.165, 1.54) is 0 Å². The fourth-order valence-corrected chi connectivity index (χ4v) is 1.74. The van der Waals surface area contributed by atoms with Crippen molar-refractivity contribution in [3.8, 4) is 0 Å². The molecule has 0 heterocycles. The van der Waals surface area contributed by atoms with Gasteiger partial charge in [-0.05, 0) is 18.6 Å². The second kappa shape index (κ2) is 9.37. The smallest absolute Gasteiger partial charge is 0.330 e. The number of hydrogen-bond donors (Lipinski definition) is 0. The first-order valence-electron chi connectivity index (χ1n) is 6.69. The molecule has 0 spiro atoms. The van der Waals surface area contributed by atoms with Gasteiger partial charge >= 0.3 is 5.97 Å². The highest BCUT2D eigenvalue weighted by Gasteiger charge is 2.08. The van der Waals surface area contributed by atoms with Crippen LogP contribution in [0.5, 0.6) is 0 Å². The Morgan fingerprint density at radius 1 is 1.14 bits per heavy atom. The van der Waals surface area contributed by atoms with Crippen LogP contribution in [0.4, 0.5) is 0 Å². The monoisotopic (exact) mass is 284 g/mol. The number of esters is 1. The minimum absolute atomic E-state index is 0.172. The summed E-state index contributed by atoms with van der Waals surface area (Å²) in [5.41, 5.74) is 2.02. The molecule has 3 nitrogen and oxygen atoms in total. The van der Waals surface area contributed by atoms with Crippen molar-refractivity contribution >= 4 is 11.5 Å². The Hall–Kier alpha value is -2.55. The molecule has 1 aromatic carbocycles. The largest absolute Gasteiger partial charge is 0.489 e.